The third kappa shape index (κ3) is 4.24. The van der Waals surface area contributed by atoms with Crippen LogP contribution in [0.15, 0.2) is 71.5 Å². The number of nitrogens with zero attached hydrogens (tertiary/aromatic N) is 4. The maximum absolute atomic E-state index is 14.2. The first-order chi connectivity index (χ1) is 17.5. The fraction of sp³-hybridized carbons (Fsp3) is 0.222. The van der Waals surface area contributed by atoms with E-state index in [1.54, 1.807) is 65.6 Å². The Balaban J connectivity index is 1.52. The number of rotatable bonds is 5. The fourth-order valence-electron chi connectivity index (χ4n) is 4.45. The molecule has 1 aromatic heterocycles. The summed E-state index contributed by atoms with van der Waals surface area (Å²) in [5.74, 6) is 0.403. The smallest absolute Gasteiger partial charge is 0.279 e. The molecular formula is C27H25FN4O4. The molecule has 3 aromatic carbocycles. The zero-order chi connectivity index (χ0) is 25.2. The summed E-state index contributed by atoms with van der Waals surface area (Å²) in [5.41, 5.74) is 0.752. The molecule has 0 saturated carbocycles. The second-order valence-corrected chi connectivity index (χ2v) is 8.41. The number of piperazine rings is 1. The number of halogens is 1. The summed E-state index contributed by atoms with van der Waals surface area (Å²) in [7, 11) is 3.04. The second kappa shape index (κ2) is 9.69. The summed E-state index contributed by atoms with van der Waals surface area (Å²) >= 11 is 0. The molecule has 0 spiro atoms. The van der Waals surface area contributed by atoms with E-state index in [0.717, 1.165) is 0 Å². The van der Waals surface area contributed by atoms with Crippen molar-refractivity contribution < 1.29 is 18.7 Å². The Morgan fingerprint density at radius 1 is 0.861 bits per heavy atom. The first-order valence-electron chi connectivity index (χ1n) is 11.5. The van der Waals surface area contributed by atoms with Crippen molar-refractivity contribution in [1.82, 2.24) is 14.7 Å². The van der Waals surface area contributed by atoms with E-state index in [2.05, 4.69) is 5.10 Å². The predicted molar refractivity (Wildman–Crippen MR) is 135 cm³/mol. The lowest BCUT2D eigenvalue weighted by Gasteiger charge is -2.36. The van der Waals surface area contributed by atoms with E-state index < -0.39 is 0 Å². The first kappa shape index (κ1) is 23.3. The highest BCUT2D eigenvalue weighted by Gasteiger charge is 2.27. The number of methoxy groups -OCH3 is 2. The van der Waals surface area contributed by atoms with Gasteiger partial charge in [0.25, 0.3) is 11.5 Å². The Morgan fingerprint density at radius 3 is 2.11 bits per heavy atom. The van der Waals surface area contributed by atoms with Crippen LogP contribution in [0.2, 0.25) is 0 Å². The third-order valence-electron chi connectivity index (χ3n) is 6.35. The van der Waals surface area contributed by atoms with Gasteiger partial charge in [-0.15, -0.1) is 0 Å². The van der Waals surface area contributed by atoms with Crippen LogP contribution in [-0.4, -0.2) is 61.0 Å². The van der Waals surface area contributed by atoms with Gasteiger partial charge in [0.1, 0.15) is 17.3 Å². The van der Waals surface area contributed by atoms with E-state index in [1.807, 2.05) is 4.90 Å². The SMILES string of the molecule is COc1cc(OC)cc(-n2nc(C(=O)N3CCN(c4ccccc4F)CC3)c3ccccc3c2=O)c1. The van der Waals surface area contributed by atoms with Gasteiger partial charge in [0.2, 0.25) is 0 Å². The lowest BCUT2D eigenvalue weighted by atomic mass is 10.1. The van der Waals surface area contributed by atoms with E-state index in [9.17, 15) is 14.0 Å². The number of aromatic nitrogens is 2. The molecule has 1 aliphatic heterocycles. The lowest BCUT2D eigenvalue weighted by Crippen LogP contribution is -2.49. The summed E-state index contributed by atoms with van der Waals surface area (Å²) in [6.07, 6.45) is 0. The van der Waals surface area contributed by atoms with Crippen molar-refractivity contribution in [2.75, 3.05) is 45.3 Å². The number of carbonyl (C=O) groups excluding carboxylic acids is 1. The molecule has 0 N–H and O–H groups in total. The Bertz CT molecular complexity index is 1470. The van der Waals surface area contributed by atoms with E-state index in [-0.39, 0.29) is 23.0 Å². The van der Waals surface area contributed by atoms with Crippen molar-refractivity contribution in [2.24, 2.45) is 0 Å². The number of amides is 1. The van der Waals surface area contributed by atoms with Crippen molar-refractivity contribution >= 4 is 22.4 Å². The predicted octanol–water partition coefficient (Wildman–Crippen LogP) is 3.50. The van der Waals surface area contributed by atoms with Crippen LogP contribution in [0.25, 0.3) is 16.5 Å². The standard InChI is InChI=1S/C27H25FN4O4/c1-35-19-15-18(16-20(17-19)36-2)32-26(33)22-8-4-3-7-21(22)25(29-32)27(34)31-13-11-30(12-14-31)24-10-6-5-9-23(24)28/h3-10,15-17H,11-14H2,1-2H3. The minimum absolute atomic E-state index is 0.173. The molecule has 0 atom stereocenters. The van der Waals surface area contributed by atoms with E-state index in [0.29, 0.717) is 59.8 Å². The number of benzene rings is 3. The van der Waals surface area contributed by atoms with Gasteiger partial charge in [-0.25, -0.2) is 4.39 Å². The molecular weight excluding hydrogens is 463 g/mol. The Morgan fingerprint density at radius 2 is 1.47 bits per heavy atom. The summed E-state index contributed by atoms with van der Waals surface area (Å²) in [5, 5.41) is 5.38. The van der Waals surface area contributed by atoms with Gasteiger partial charge in [-0.3, -0.25) is 9.59 Å². The van der Waals surface area contributed by atoms with Crippen LogP contribution in [0.3, 0.4) is 0 Å². The van der Waals surface area contributed by atoms with Crippen LogP contribution in [0.4, 0.5) is 10.1 Å². The molecule has 1 fully saturated rings. The average Bonchev–Trinajstić information content (AvgIpc) is 2.93. The summed E-state index contributed by atoms with van der Waals surface area (Å²) < 4.78 is 26.1. The maximum atomic E-state index is 14.2. The highest BCUT2D eigenvalue weighted by atomic mass is 19.1. The van der Waals surface area contributed by atoms with Gasteiger partial charge in [0.15, 0.2) is 5.69 Å². The van der Waals surface area contributed by atoms with E-state index in [1.165, 1.54) is 25.0 Å². The van der Waals surface area contributed by atoms with Crippen LogP contribution < -0.4 is 19.9 Å². The number of ether oxygens (including phenoxy) is 2. The first-order valence-corrected chi connectivity index (χ1v) is 11.5. The van der Waals surface area contributed by atoms with Gasteiger partial charge >= 0.3 is 0 Å². The average molecular weight is 489 g/mol. The number of fused-ring (bicyclic) bond motifs is 1. The maximum Gasteiger partial charge on any atom is 0.279 e. The van der Waals surface area contributed by atoms with E-state index >= 15 is 0 Å². The van der Waals surface area contributed by atoms with E-state index in [4.69, 9.17) is 9.47 Å². The zero-order valence-corrected chi connectivity index (χ0v) is 20.0. The minimum Gasteiger partial charge on any atom is -0.497 e. The number of anilines is 1. The summed E-state index contributed by atoms with van der Waals surface area (Å²) in [6, 6.07) is 18.6. The summed E-state index contributed by atoms with van der Waals surface area (Å²) in [4.78, 5) is 30.6. The van der Waals surface area contributed by atoms with Gasteiger partial charge in [0, 0.05) is 49.8 Å². The molecule has 0 unspecified atom stereocenters. The van der Waals surface area contributed by atoms with Crippen molar-refractivity contribution in [3.8, 4) is 17.2 Å². The lowest BCUT2D eigenvalue weighted by molar-refractivity contribution is 0.0741. The number of carbonyl (C=O) groups is 1. The van der Waals surface area contributed by atoms with Crippen LogP contribution in [0.5, 0.6) is 11.5 Å². The Kier molecular flexibility index (Phi) is 6.28. The van der Waals surface area contributed by atoms with Crippen LogP contribution in [0, 0.1) is 5.82 Å². The van der Waals surface area contributed by atoms with Gasteiger partial charge in [-0.2, -0.15) is 9.78 Å². The molecule has 0 aliphatic carbocycles. The minimum atomic E-state index is -0.359. The highest BCUT2D eigenvalue weighted by molar-refractivity contribution is 6.05. The third-order valence-corrected chi connectivity index (χ3v) is 6.35. The topological polar surface area (TPSA) is 76.9 Å². The molecule has 4 aromatic rings. The van der Waals surface area contributed by atoms with Gasteiger partial charge < -0.3 is 19.3 Å². The van der Waals surface area contributed by atoms with Crippen molar-refractivity contribution in [3.63, 3.8) is 0 Å². The number of hydrogen-bond acceptors (Lipinski definition) is 6. The molecule has 5 rings (SSSR count). The molecule has 2 heterocycles. The highest BCUT2D eigenvalue weighted by Crippen LogP contribution is 2.26. The Hall–Kier alpha value is -4.40. The van der Waals surface area contributed by atoms with Crippen molar-refractivity contribution in [1.29, 1.82) is 0 Å². The molecule has 36 heavy (non-hydrogen) atoms. The second-order valence-electron chi connectivity index (χ2n) is 8.41. The zero-order valence-electron chi connectivity index (χ0n) is 20.0. The molecule has 0 radical (unpaired) electrons. The van der Waals surface area contributed by atoms with Gasteiger partial charge in [-0.05, 0) is 18.2 Å². The van der Waals surface area contributed by atoms with Crippen molar-refractivity contribution in [3.05, 3.63) is 88.6 Å². The molecule has 184 valence electrons. The molecule has 8 nitrogen and oxygen atoms in total. The number of hydrogen-bond donors (Lipinski definition) is 0. The molecule has 1 aliphatic rings. The van der Waals surface area contributed by atoms with Gasteiger partial charge in [-0.1, -0.05) is 30.3 Å². The quantitative estimate of drug-likeness (QED) is 0.428. The van der Waals surface area contributed by atoms with Gasteiger partial charge in [0.05, 0.1) is 31.0 Å². The fourth-order valence-corrected chi connectivity index (χ4v) is 4.45. The molecule has 0 bridgehead atoms. The molecule has 1 saturated heterocycles. The largest absolute Gasteiger partial charge is 0.497 e. The van der Waals surface area contributed by atoms with Crippen LogP contribution in [0.1, 0.15) is 10.5 Å². The molecule has 1 amide bonds. The molecule has 9 heteroatoms. The Labute approximate surface area is 207 Å². The van der Waals surface area contributed by atoms with Crippen LogP contribution >= 0.6 is 0 Å². The monoisotopic (exact) mass is 488 g/mol. The van der Waals surface area contributed by atoms with Crippen LogP contribution in [-0.2, 0) is 0 Å². The van der Waals surface area contributed by atoms with Crippen molar-refractivity contribution in [2.45, 2.75) is 0 Å². The normalized spacial score (nSPS) is 13.6. The summed E-state index contributed by atoms with van der Waals surface area (Å²) in [6.45, 7) is 1.76. The number of para-hydroxylation sites is 1.